The summed E-state index contributed by atoms with van der Waals surface area (Å²) in [7, 11) is 0. The SMILES string of the molecule is N#CCCN(C(=O)CSc1nnc(N)s1)c1ccc(F)cc1. The lowest BCUT2D eigenvalue weighted by Crippen LogP contribution is -2.33. The third kappa shape index (κ3) is 4.41. The lowest BCUT2D eigenvalue weighted by molar-refractivity contribution is -0.116. The van der Waals surface area contributed by atoms with Gasteiger partial charge in [-0.15, -0.1) is 10.2 Å². The fourth-order valence-corrected chi connectivity index (χ4v) is 3.17. The van der Waals surface area contributed by atoms with Crippen LogP contribution >= 0.6 is 23.1 Å². The summed E-state index contributed by atoms with van der Waals surface area (Å²) in [6, 6.07) is 7.58. The Hall–Kier alpha value is -2.18. The molecular weight excluding hydrogens is 325 g/mol. The van der Waals surface area contributed by atoms with Gasteiger partial charge >= 0.3 is 0 Å². The molecule has 1 aromatic carbocycles. The van der Waals surface area contributed by atoms with Crippen molar-refractivity contribution in [3.63, 3.8) is 0 Å². The molecule has 1 aromatic heterocycles. The van der Waals surface area contributed by atoms with Gasteiger partial charge in [0.25, 0.3) is 0 Å². The maximum absolute atomic E-state index is 13.0. The Morgan fingerprint density at radius 1 is 1.41 bits per heavy atom. The maximum Gasteiger partial charge on any atom is 0.237 e. The summed E-state index contributed by atoms with van der Waals surface area (Å²) < 4.78 is 13.6. The van der Waals surface area contributed by atoms with Gasteiger partial charge in [-0.1, -0.05) is 23.1 Å². The zero-order chi connectivity index (χ0) is 15.9. The van der Waals surface area contributed by atoms with Crippen LogP contribution in [0.4, 0.5) is 15.2 Å². The Morgan fingerprint density at radius 3 is 2.73 bits per heavy atom. The average Bonchev–Trinajstić information content (AvgIpc) is 2.93. The standard InChI is InChI=1S/C13H12FN5OS2/c14-9-2-4-10(5-3-9)19(7-1-6-15)11(20)8-21-13-18-17-12(16)22-13/h2-5H,1,7-8H2,(H2,16,17). The number of amides is 1. The number of hydrogen-bond acceptors (Lipinski definition) is 7. The Kier molecular flexibility index (Phi) is 5.68. The van der Waals surface area contributed by atoms with Crippen molar-refractivity contribution in [1.29, 1.82) is 5.26 Å². The molecule has 2 rings (SSSR count). The number of thioether (sulfide) groups is 1. The fourth-order valence-electron chi connectivity index (χ4n) is 1.66. The summed E-state index contributed by atoms with van der Waals surface area (Å²) >= 11 is 2.43. The monoisotopic (exact) mass is 337 g/mol. The molecule has 0 fully saturated rings. The number of carbonyl (C=O) groups is 1. The lowest BCUT2D eigenvalue weighted by atomic mass is 10.2. The summed E-state index contributed by atoms with van der Waals surface area (Å²) in [6.45, 7) is 0.250. The number of aromatic nitrogens is 2. The van der Waals surface area contributed by atoms with E-state index in [1.807, 2.05) is 6.07 Å². The molecule has 0 radical (unpaired) electrons. The minimum atomic E-state index is -0.379. The van der Waals surface area contributed by atoms with E-state index in [9.17, 15) is 9.18 Å². The minimum absolute atomic E-state index is 0.136. The molecule has 1 heterocycles. The van der Waals surface area contributed by atoms with Crippen molar-refractivity contribution in [3.05, 3.63) is 30.1 Å². The third-order valence-electron chi connectivity index (χ3n) is 2.63. The number of carbonyl (C=O) groups excluding carboxylic acids is 1. The molecule has 1 amide bonds. The van der Waals surface area contributed by atoms with Crippen LogP contribution in [0.15, 0.2) is 28.6 Å². The van der Waals surface area contributed by atoms with Crippen molar-refractivity contribution in [2.24, 2.45) is 0 Å². The molecule has 0 unspecified atom stereocenters. The largest absolute Gasteiger partial charge is 0.374 e. The maximum atomic E-state index is 13.0. The number of nitrogens with zero attached hydrogens (tertiary/aromatic N) is 4. The molecule has 0 atom stereocenters. The van der Waals surface area contributed by atoms with Crippen molar-refractivity contribution in [1.82, 2.24) is 10.2 Å². The molecule has 9 heteroatoms. The first-order chi connectivity index (χ1) is 10.6. The van der Waals surface area contributed by atoms with Gasteiger partial charge in [0.15, 0.2) is 4.34 Å². The summed E-state index contributed by atoms with van der Waals surface area (Å²) in [5, 5.41) is 16.6. The van der Waals surface area contributed by atoms with Gasteiger partial charge in [-0.05, 0) is 24.3 Å². The number of hydrogen-bond donors (Lipinski definition) is 1. The van der Waals surface area contributed by atoms with Crippen LogP contribution in [0.3, 0.4) is 0 Å². The van der Waals surface area contributed by atoms with E-state index < -0.39 is 0 Å². The van der Waals surface area contributed by atoms with E-state index in [0.717, 1.165) is 0 Å². The van der Waals surface area contributed by atoms with Crippen molar-refractivity contribution < 1.29 is 9.18 Å². The first-order valence-corrected chi connectivity index (χ1v) is 8.05. The van der Waals surface area contributed by atoms with E-state index in [1.54, 1.807) is 0 Å². The number of halogens is 1. The molecule has 0 spiro atoms. The van der Waals surface area contributed by atoms with Crippen LogP contribution < -0.4 is 10.6 Å². The first-order valence-electron chi connectivity index (χ1n) is 6.25. The summed E-state index contributed by atoms with van der Waals surface area (Å²) in [5.74, 6) is -0.437. The van der Waals surface area contributed by atoms with Crippen LogP contribution in [0.1, 0.15) is 6.42 Å². The number of anilines is 2. The second kappa shape index (κ2) is 7.72. The molecule has 0 aliphatic carbocycles. The van der Waals surface area contributed by atoms with E-state index in [2.05, 4.69) is 10.2 Å². The lowest BCUT2D eigenvalue weighted by Gasteiger charge is -2.21. The molecule has 2 aromatic rings. The molecule has 0 saturated carbocycles. The van der Waals surface area contributed by atoms with E-state index in [4.69, 9.17) is 11.0 Å². The molecule has 0 saturated heterocycles. The number of benzene rings is 1. The molecule has 2 N–H and O–H groups in total. The highest BCUT2D eigenvalue weighted by molar-refractivity contribution is 8.01. The van der Waals surface area contributed by atoms with E-state index in [1.165, 1.54) is 52.3 Å². The fraction of sp³-hybridized carbons (Fsp3) is 0.231. The van der Waals surface area contributed by atoms with E-state index in [-0.39, 0.29) is 30.4 Å². The Bertz CT molecular complexity index is 682. The van der Waals surface area contributed by atoms with Gasteiger partial charge in [0.05, 0.1) is 18.2 Å². The van der Waals surface area contributed by atoms with Crippen LogP contribution in [-0.2, 0) is 4.79 Å². The highest BCUT2D eigenvalue weighted by atomic mass is 32.2. The summed E-state index contributed by atoms with van der Waals surface area (Å²) in [4.78, 5) is 13.8. The topological polar surface area (TPSA) is 95.9 Å². The van der Waals surface area contributed by atoms with Gasteiger partial charge in [-0.25, -0.2) is 4.39 Å². The van der Waals surface area contributed by atoms with E-state index in [0.29, 0.717) is 15.2 Å². The molecule has 0 bridgehead atoms. The number of nitrogens with two attached hydrogens (primary N) is 1. The molecule has 22 heavy (non-hydrogen) atoms. The second-order valence-electron chi connectivity index (χ2n) is 4.12. The average molecular weight is 337 g/mol. The van der Waals surface area contributed by atoms with Gasteiger partial charge < -0.3 is 10.6 Å². The van der Waals surface area contributed by atoms with E-state index >= 15 is 0 Å². The third-order valence-corrected chi connectivity index (χ3v) is 4.50. The Morgan fingerprint density at radius 2 is 2.14 bits per heavy atom. The van der Waals surface area contributed by atoms with Gasteiger partial charge in [0.1, 0.15) is 5.82 Å². The number of nitriles is 1. The molecule has 0 aliphatic rings. The van der Waals surface area contributed by atoms with Crippen LogP contribution in [0.2, 0.25) is 0 Å². The molecule has 6 nitrogen and oxygen atoms in total. The van der Waals surface area contributed by atoms with Gasteiger partial charge in [-0.2, -0.15) is 5.26 Å². The Labute approximate surface area is 134 Å². The Balaban J connectivity index is 2.05. The normalized spacial score (nSPS) is 10.2. The summed E-state index contributed by atoms with van der Waals surface area (Å²) in [5.41, 5.74) is 6.04. The molecule has 0 aliphatic heterocycles. The zero-order valence-corrected chi connectivity index (χ0v) is 13.0. The van der Waals surface area contributed by atoms with Crippen LogP contribution in [0.5, 0.6) is 0 Å². The van der Waals surface area contributed by atoms with Crippen molar-refractivity contribution >= 4 is 39.8 Å². The molecule has 114 valence electrons. The van der Waals surface area contributed by atoms with Gasteiger partial charge in [0, 0.05) is 12.2 Å². The van der Waals surface area contributed by atoms with Crippen LogP contribution in [-0.4, -0.2) is 28.4 Å². The van der Waals surface area contributed by atoms with Crippen LogP contribution in [0.25, 0.3) is 0 Å². The van der Waals surface area contributed by atoms with Crippen LogP contribution in [0, 0.1) is 17.1 Å². The highest BCUT2D eigenvalue weighted by Gasteiger charge is 2.17. The van der Waals surface area contributed by atoms with Crippen molar-refractivity contribution in [2.75, 3.05) is 22.9 Å². The van der Waals surface area contributed by atoms with Crippen molar-refractivity contribution in [2.45, 2.75) is 10.8 Å². The van der Waals surface area contributed by atoms with Gasteiger partial charge in [0.2, 0.25) is 11.0 Å². The summed E-state index contributed by atoms with van der Waals surface area (Å²) in [6.07, 6.45) is 0.194. The quantitative estimate of drug-likeness (QED) is 0.813. The highest BCUT2D eigenvalue weighted by Crippen LogP contribution is 2.25. The minimum Gasteiger partial charge on any atom is -0.374 e. The first kappa shape index (κ1) is 16.2. The zero-order valence-electron chi connectivity index (χ0n) is 11.4. The molecular formula is C13H12FN5OS2. The predicted octanol–water partition coefficient (Wildman–Crippen LogP) is 2.30. The second-order valence-corrected chi connectivity index (χ2v) is 6.36. The number of nitrogen functional groups attached to an aromatic ring is 1. The smallest absolute Gasteiger partial charge is 0.237 e. The number of rotatable bonds is 6. The van der Waals surface area contributed by atoms with Crippen molar-refractivity contribution in [3.8, 4) is 6.07 Å². The van der Waals surface area contributed by atoms with Gasteiger partial charge in [-0.3, -0.25) is 4.79 Å². The predicted molar refractivity (Wildman–Crippen MR) is 84.0 cm³/mol.